The molecule has 17 heavy (non-hydrogen) atoms. The first kappa shape index (κ1) is 12.5. The third kappa shape index (κ3) is 3.23. The highest BCUT2D eigenvalue weighted by molar-refractivity contribution is 6.30. The Morgan fingerprint density at radius 2 is 1.88 bits per heavy atom. The summed E-state index contributed by atoms with van der Waals surface area (Å²) in [6, 6.07) is 11.1. The molecule has 2 rings (SSSR count). The first-order valence-corrected chi connectivity index (χ1v) is 5.89. The second-order valence-electron chi connectivity index (χ2n) is 3.57. The van der Waals surface area contributed by atoms with Crippen molar-refractivity contribution in [3.63, 3.8) is 0 Å². The zero-order chi connectivity index (χ0) is 12.3. The van der Waals surface area contributed by atoms with Crippen LogP contribution < -0.4 is 5.48 Å². The van der Waals surface area contributed by atoms with Crippen molar-refractivity contribution in [2.24, 2.45) is 0 Å². The highest BCUT2D eigenvalue weighted by Gasteiger charge is 2.09. The molecule has 0 saturated heterocycles. The van der Waals surface area contributed by atoms with Crippen LogP contribution in [0.15, 0.2) is 40.8 Å². The van der Waals surface area contributed by atoms with Gasteiger partial charge in [-0.3, -0.25) is 0 Å². The molecule has 1 heterocycles. The Kier molecular flexibility index (Phi) is 4.07. The number of halogens is 2. The third-order valence-corrected chi connectivity index (χ3v) is 2.81. The molecule has 0 bridgehead atoms. The molecule has 0 saturated carbocycles. The van der Waals surface area contributed by atoms with Crippen LogP contribution in [0.25, 0.3) is 11.3 Å². The van der Waals surface area contributed by atoms with Crippen molar-refractivity contribution in [2.75, 3.05) is 0 Å². The molecule has 0 radical (unpaired) electrons. The Balaban J connectivity index is 2.15. The normalized spacial score (nSPS) is 12.6. The lowest BCUT2D eigenvalue weighted by Crippen LogP contribution is -2.21. The second kappa shape index (κ2) is 5.56. The van der Waals surface area contributed by atoms with E-state index in [1.54, 1.807) is 12.1 Å². The topological polar surface area (TPSA) is 45.4 Å². The summed E-state index contributed by atoms with van der Waals surface area (Å²) >= 11 is 11.5. The Morgan fingerprint density at radius 3 is 2.53 bits per heavy atom. The molecule has 1 atom stereocenters. The van der Waals surface area contributed by atoms with Crippen LogP contribution >= 0.6 is 23.2 Å². The molecule has 2 aromatic rings. The van der Waals surface area contributed by atoms with Crippen molar-refractivity contribution >= 4 is 23.2 Å². The summed E-state index contributed by atoms with van der Waals surface area (Å²) in [7, 11) is 0. The van der Waals surface area contributed by atoms with Crippen LogP contribution in [0, 0.1) is 0 Å². The van der Waals surface area contributed by atoms with Gasteiger partial charge in [-0.25, -0.2) is 0 Å². The SMILES string of the molecule is ONC(Cl)Cc1ccc(-c2ccc(Cl)cc2)o1. The van der Waals surface area contributed by atoms with E-state index in [1.165, 1.54) is 0 Å². The Morgan fingerprint density at radius 1 is 1.18 bits per heavy atom. The maximum absolute atomic E-state index is 8.61. The molecule has 2 N–H and O–H groups in total. The number of alkyl halides is 1. The molecule has 5 heteroatoms. The van der Waals surface area contributed by atoms with Gasteiger partial charge < -0.3 is 9.62 Å². The molecule has 1 aromatic heterocycles. The van der Waals surface area contributed by atoms with E-state index in [0.717, 1.165) is 11.3 Å². The largest absolute Gasteiger partial charge is 0.461 e. The summed E-state index contributed by atoms with van der Waals surface area (Å²) in [6.45, 7) is 0. The first-order chi connectivity index (χ1) is 8.19. The second-order valence-corrected chi connectivity index (χ2v) is 4.54. The molecular formula is C12H11Cl2NO2. The molecule has 1 aromatic carbocycles. The number of benzene rings is 1. The van der Waals surface area contributed by atoms with Gasteiger partial charge in [-0.05, 0) is 36.4 Å². The summed E-state index contributed by atoms with van der Waals surface area (Å²) in [5.41, 5.74) is 2.35. The van der Waals surface area contributed by atoms with Crippen molar-refractivity contribution in [1.82, 2.24) is 5.48 Å². The number of hydroxylamine groups is 1. The average Bonchev–Trinajstić information content (AvgIpc) is 2.78. The lowest BCUT2D eigenvalue weighted by Gasteiger charge is -2.03. The number of furan rings is 1. The van der Waals surface area contributed by atoms with E-state index in [9.17, 15) is 0 Å². The van der Waals surface area contributed by atoms with Crippen molar-refractivity contribution in [2.45, 2.75) is 11.9 Å². The standard InChI is InChI=1S/C12H11Cl2NO2/c13-9-3-1-8(2-4-9)11-6-5-10(17-11)7-12(14)15-16/h1-6,12,15-16H,7H2. The van der Waals surface area contributed by atoms with Crippen molar-refractivity contribution in [3.8, 4) is 11.3 Å². The zero-order valence-electron chi connectivity index (χ0n) is 8.86. The molecular weight excluding hydrogens is 261 g/mol. The number of hydrogen-bond donors (Lipinski definition) is 2. The molecule has 1 unspecified atom stereocenters. The quantitative estimate of drug-likeness (QED) is 0.507. The number of rotatable bonds is 4. The van der Waals surface area contributed by atoms with E-state index in [2.05, 4.69) is 0 Å². The third-order valence-electron chi connectivity index (χ3n) is 2.31. The van der Waals surface area contributed by atoms with Crippen LogP contribution in [-0.4, -0.2) is 10.7 Å². The van der Waals surface area contributed by atoms with Gasteiger partial charge in [0.2, 0.25) is 0 Å². The smallest absolute Gasteiger partial charge is 0.134 e. The highest BCUT2D eigenvalue weighted by atomic mass is 35.5. The minimum absolute atomic E-state index is 0.408. The molecule has 0 aliphatic carbocycles. The Bertz CT molecular complexity index is 482. The van der Waals surface area contributed by atoms with Gasteiger partial charge >= 0.3 is 0 Å². The van der Waals surface area contributed by atoms with Gasteiger partial charge in [-0.15, -0.1) is 11.6 Å². The minimum atomic E-state index is -0.556. The van der Waals surface area contributed by atoms with Crippen LogP contribution in [-0.2, 0) is 6.42 Å². The van der Waals surface area contributed by atoms with Crippen LogP contribution in [0.5, 0.6) is 0 Å². The fourth-order valence-corrected chi connectivity index (χ4v) is 1.76. The van der Waals surface area contributed by atoms with Gasteiger partial charge in [0, 0.05) is 17.0 Å². The van der Waals surface area contributed by atoms with Crippen LogP contribution in [0.4, 0.5) is 0 Å². The Labute approximate surface area is 109 Å². The molecule has 0 amide bonds. The van der Waals surface area contributed by atoms with E-state index in [-0.39, 0.29) is 0 Å². The molecule has 0 aliphatic heterocycles. The Hall–Kier alpha value is -1.00. The summed E-state index contributed by atoms with van der Waals surface area (Å²) in [4.78, 5) is 0. The molecule has 90 valence electrons. The van der Waals surface area contributed by atoms with Gasteiger partial charge in [0.25, 0.3) is 0 Å². The van der Waals surface area contributed by atoms with Gasteiger partial charge in [-0.2, -0.15) is 5.48 Å². The monoisotopic (exact) mass is 271 g/mol. The summed E-state index contributed by atoms with van der Waals surface area (Å²) in [5, 5.41) is 9.30. The van der Waals surface area contributed by atoms with Crippen molar-refractivity contribution < 1.29 is 9.62 Å². The van der Waals surface area contributed by atoms with Crippen LogP contribution in [0.3, 0.4) is 0 Å². The minimum Gasteiger partial charge on any atom is -0.461 e. The fourth-order valence-electron chi connectivity index (χ4n) is 1.48. The first-order valence-electron chi connectivity index (χ1n) is 5.07. The predicted molar refractivity (Wildman–Crippen MR) is 67.4 cm³/mol. The van der Waals surface area contributed by atoms with Crippen LogP contribution in [0.1, 0.15) is 5.76 Å². The highest BCUT2D eigenvalue weighted by Crippen LogP contribution is 2.24. The van der Waals surface area contributed by atoms with Gasteiger partial charge in [0.1, 0.15) is 17.0 Å². The van der Waals surface area contributed by atoms with E-state index in [4.69, 9.17) is 32.8 Å². The summed E-state index contributed by atoms with van der Waals surface area (Å²) in [5.74, 6) is 1.45. The molecule has 0 aliphatic rings. The predicted octanol–water partition coefficient (Wildman–Crippen LogP) is 3.69. The van der Waals surface area contributed by atoms with Gasteiger partial charge in [0.15, 0.2) is 0 Å². The lowest BCUT2D eigenvalue weighted by atomic mass is 10.2. The van der Waals surface area contributed by atoms with Gasteiger partial charge in [0.05, 0.1) is 0 Å². The molecule has 0 fully saturated rings. The molecule has 3 nitrogen and oxygen atoms in total. The number of nitrogens with one attached hydrogen (secondary N) is 1. The molecule has 0 spiro atoms. The van der Waals surface area contributed by atoms with E-state index >= 15 is 0 Å². The van der Waals surface area contributed by atoms with Gasteiger partial charge in [-0.1, -0.05) is 11.6 Å². The van der Waals surface area contributed by atoms with E-state index in [1.807, 2.05) is 29.7 Å². The maximum atomic E-state index is 8.61. The van der Waals surface area contributed by atoms with Crippen molar-refractivity contribution in [3.05, 3.63) is 47.2 Å². The summed E-state index contributed by atoms with van der Waals surface area (Å²) < 4.78 is 5.60. The summed E-state index contributed by atoms with van der Waals surface area (Å²) in [6.07, 6.45) is 0.408. The van der Waals surface area contributed by atoms with E-state index in [0.29, 0.717) is 17.2 Å². The fraction of sp³-hybridized carbons (Fsp3) is 0.167. The van der Waals surface area contributed by atoms with Crippen LogP contribution in [0.2, 0.25) is 5.02 Å². The average molecular weight is 272 g/mol. The zero-order valence-corrected chi connectivity index (χ0v) is 10.4. The van der Waals surface area contributed by atoms with E-state index < -0.39 is 5.50 Å². The maximum Gasteiger partial charge on any atom is 0.134 e. The van der Waals surface area contributed by atoms with Crippen molar-refractivity contribution in [1.29, 1.82) is 0 Å². The number of hydrogen-bond acceptors (Lipinski definition) is 3. The lowest BCUT2D eigenvalue weighted by molar-refractivity contribution is 0.152.